The molecule has 2 N–H and O–H groups in total. The molecule has 9 heteroatoms. The van der Waals surface area contributed by atoms with Gasteiger partial charge in [-0.2, -0.15) is 0 Å². The smallest absolute Gasteiger partial charge is 0.339 e. The molecule has 126 valence electrons. The third-order valence-corrected chi connectivity index (χ3v) is 4.29. The normalized spacial score (nSPS) is 10.9. The lowest BCUT2D eigenvalue weighted by Gasteiger charge is -2.11. The zero-order chi connectivity index (χ0) is 17.7. The van der Waals surface area contributed by atoms with Crippen LogP contribution in [-0.2, 0) is 14.8 Å². The van der Waals surface area contributed by atoms with Gasteiger partial charge < -0.3 is 4.74 Å². The van der Waals surface area contributed by atoms with Gasteiger partial charge in [0.1, 0.15) is 5.82 Å². The van der Waals surface area contributed by atoms with Gasteiger partial charge in [0.2, 0.25) is 0 Å². The predicted octanol–water partition coefficient (Wildman–Crippen LogP) is 1.24. The van der Waals surface area contributed by atoms with Crippen LogP contribution in [0.5, 0.6) is 0 Å². The van der Waals surface area contributed by atoms with Gasteiger partial charge in [-0.15, -0.1) is 4.83 Å². The monoisotopic (exact) mass is 352 g/mol. The van der Waals surface area contributed by atoms with Crippen molar-refractivity contribution in [2.24, 2.45) is 0 Å². The number of carbonyl (C=O) groups is 2. The maximum absolute atomic E-state index is 12.8. The molecule has 1 amide bonds. The Labute approximate surface area is 137 Å². The molecule has 0 saturated carbocycles. The molecule has 0 atom stereocenters. The number of esters is 1. The Morgan fingerprint density at radius 1 is 1.04 bits per heavy atom. The van der Waals surface area contributed by atoms with Crippen LogP contribution in [0.1, 0.15) is 20.7 Å². The summed E-state index contributed by atoms with van der Waals surface area (Å²) in [4.78, 5) is 25.0. The molecule has 24 heavy (non-hydrogen) atoms. The summed E-state index contributed by atoms with van der Waals surface area (Å²) in [7, 11) is -3.09. The van der Waals surface area contributed by atoms with E-state index in [4.69, 9.17) is 0 Å². The van der Waals surface area contributed by atoms with Crippen molar-refractivity contribution in [2.75, 3.05) is 7.11 Å². The van der Waals surface area contributed by atoms with E-state index in [1.165, 1.54) is 36.4 Å². The van der Waals surface area contributed by atoms with E-state index in [1.54, 1.807) is 0 Å². The highest BCUT2D eigenvalue weighted by Crippen LogP contribution is 2.15. The molecule has 0 heterocycles. The number of sulfonamides is 1. The summed E-state index contributed by atoms with van der Waals surface area (Å²) in [6, 6.07) is 9.89. The first kappa shape index (κ1) is 17.6. The zero-order valence-electron chi connectivity index (χ0n) is 12.4. The molecule has 2 aromatic rings. The maximum Gasteiger partial charge on any atom is 0.339 e. The quantitative estimate of drug-likeness (QED) is 0.623. The number of benzene rings is 2. The fourth-order valence-electron chi connectivity index (χ4n) is 1.82. The van der Waals surface area contributed by atoms with Crippen molar-refractivity contribution in [1.82, 2.24) is 10.3 Å². The van der Waals surface area contributed by atoms with E-state index in [1.807, 2.05) is 10.3 Å². The standard InChI is InChI=1S/C15H13FN2O5S/c1-23-15(20)12-4-2-3-5-13(12)24(21,22)18-17-14(19)10-6-8-11(16)9-7-10/h2-9,18H,1H3,(H,17,19). The summed E-state index contributed by atoms with van der Waals surface area (Å²) in [6.45, 7) is 0. The number of nitrogens with one attached hydrogen (secondary N) is 2. The molecule has 0 spiro atoms. The minimum atomic E-state index is -4.21. The fraction of sp³-hybridized carbons (Fsp3) is 0.0667. The van der Waals surface area contributed by atoms with Crippen LogP contribution < -0.4 is 10.3 Å². The molecule has 0 aliphatic carbocycles. The predicted molar refractivity (Wildman–Crippen MR) is 82.0 cm³/mol. The average molecular weight is 352 g/mol. The first-order valence-corrected chi connectivity index (χ1v) is 8.08. The van der Waals surface area contributed by atoms with E-state index >= 15 is 0 Å². The molecular weight excluding hydrogens is 339 g/mol. The highest BCUT2D eigenvalue weighted by Gasteiger charge is 2.23. The summed E-state index contributed by atoms with van der Waals surface area (Å²) in [5.74, 6) is -2.14. The lowest BCUT2D eigenvalue weighted by atomic mass is 10.2. The van der Waals surface area contributed by atoms with Crippen LogP contribution in [0.2, 0.25) is 0 Å². The average Bonchev–Trinajstić information content (AvgIpc) is 2.59. The first-order chi connectivity index (χ1) is 11.3. The number of halogens is 1. The molecule has 0 unspecified atom stereocenters. The molecule has 0 bridgehead atoms. The summed E-state index contributed by atoms with van der Waals surface area (Å²) in [6.07, 6.45) is 0. The van der Waals surface area contributed by atoms with E-state index in [-0.39, 0.29) is 16.0 Å². The Morgan fingerprint density at radius 2 is 1.67 bits per heavy atom. The van der Waals surface area contributed by atoms with Crippen molar-refractivity contribution in [1.29, 1.82) is 0 Å². The second-order valence-electron chi connectivity index (χ2n) is 4.55. The molecule has 0 aliphatic rings. The van der Waals surface area contributed by atoms with E-state index in [9.17, 15) is 22.4 Å². The molecule has 0 aliphatic heterocycles. The fourth-order valence-corrected chi connectivity index (χ4v) is 2.86. The second kappa shape index (κ2) is 7.20. The zero-order valence-corrected chi connectivity index (χ0v) is 13.3. The number of hydrogen-bond donors (Lipinski definition) is 2. The van der Waals surface area contributed by atoms with Gasteiger partial charge in [0.15, 0.2) is 0 Å². The molecule has 0 saturated heterocycles. The van der Waals surface area contributed by atoms with Gasteiger partial charge >= 0.3 is 5.97 Å². The number of rotatable bonds is 5. The topological polar surface area (TPSA) is 102 Å². The molecule has 0 fully saturated rings. The van der Waals surface area contributed by atoms with E-state index < -0.39 is 27.7 Å². The van der Waals surface area contributed by atoms with E-state index in [0.717, 1.165) is 19.2 Å². The number of hydrogen-bond acceptors (Lipinski definition) is 5. The van der Waals surface area contributed by atoms with Crippen molar-refractivity contribution in [2.45, 2.75) is 4.90 Å². The summed E-state index contributed by atoms with van der Waals surface area (Å²) in [5, 5.41) is 0. The van der Waals surface area contributed by atoms with Gasteiger partial charge in [-0.1, -0.05) is 12.1 Å². The highest BCUT2D eigenvalue weighted by molar-refractivity contribution is 7.89. The van der Waals surface area contributed by atoms with Crippen molar-refractivity contribution < 1.29 is 27.1 Å². The van der Waals surface area contributed by atoms with Crippen LogP contribution in [0.25, 0.3) is 0 Å². The Bertz CT molecular complexity index is 866. The lowest BCUT2D eigenvalue weighted by Crippen LogP contribution is -2.42. The van der Waals surface area contributed by atoms with Gasteiger partial charge in [-0.3, -0.25) is 10.2 Å². The van der Waals surface area contributed by atoms with Crippen LogP contribution >= 0.6 is 0 Å². The Kier molecular flexibility index (Phi) is 5.27. The largest absolute Gasteiger partial charge is 0.465 e. The number of amides is 1. The molecular formula is C15H13FN2O5S. The Balaban J connectivity index is 2.19. The van der Waals surface area contributed by atoms with Gasteiger partial charge in [0.25, 0.3) is 15.9 Å². The summed E-state index contributed by atoms with van der Waals surface area (Å²) in [5.41, 5.74) is 1.87. The van der Waals surface area contributed by atoms with Crippen molar-refractivity contribution in [3.63, 3.8) is 0 Å². The third kappa shape index (κ3) is 3.94. The number of hydrazine groups is 1. The highest BCUT2D eigenvalue weighted by atomic mass is 32.2. The van der Waals surface area contributed by atoms with Gasteiger partial charge in [-0.25, -0.2) is 17.6 Å². The molecule has 0 aromatic heterocycles. The Morgan fingerprint density at radius 3 is 2.29 bits per heavy atom. The van der Waals surface area contributed by atoms with Crippen molar-refractivity contribution in [3.8, 4) is 0 Å². The second-order valence-corrected chi connectivity index (χ2v) is 6.21. The van der Waals surface area contributed by atoms with Gasteiger partial charge in [0.05, 0.1) is 17.6 Å². The summed E-state index contributed by atoms with van der Waals surface area (Å²) < 4.78 is 41.9. The summed E-state index contributed by atoms with van der Waals surface area (Å²) >= 11 is 0. The van der Waals surface area contributed by atoms with Crippen LogP contribution in [0.15, 0.2) is 53.4 Å². The Hall–Kier alpha value is -2.78. The maximum atomic E-state index is 12.8. The number of carbonyl (C=O) groups excluding carboxylic acids is 2. The molecule has 0 radical (unpaired) electrons. The number of ether oxygens (including phenoxy) is 1. The number of methoxy groups -OCH3 is 1. The van der Waals surface area contributed by atoms with E-state index in [2.05, 4.69) is 4.74 Å². The van der Waals surface area contributed by atoms with Gasteiger partial charge in [-0.05, 0) is 36.4 Å². The van der Waals surface area contributed by atoms with E-state index in [0.29, 0.717) is 0 Å². The van der Waals surface area contributed by atoms with Crippen molar-refractivity contribution in [3.05, 3.63) is 65.5 Å². The van der Waals surface area contributed by atoms with Crippen LogP contribution in [0, 0.1) is 5.82 Å². The lowest BCUT2D eigenvalue weighted by molar-refractivity contribution is 0.0596. The molecule has 2 aromatic carbocycles. The molecule has 7 nitrogen and oxygen atoms in total. The van der Waals surface area contributed by atoms with Crippen LogP contribution in [-0.4, -0.2) is 27.4 Å². The van der Waals surface area contributed by atoms with Gasteiger partial charge in [0, 0.05) is 5.56 Å². The molecule has 2 rings (SSSR count). The van der Waals surface area contributed by atoms with Crippen LogP contribution in [0.4, 0.5) is 4.39 Å². The SMILES string of the molecule is COC(=O)c1ccccc1S(=O)(=O)NNC(=O)c1ccc(F)cc1. The third-order valence-electron chi connectivity index (χ3n) is 2.99. The van der Waals surface area contributed by atoms with Crippen molar-refractivity contribution >= 4 is 21.9 Å². The minimum Gasteiger partial charge on any atom is -0.465 e. The first-order valence-electron chi connectivity index (χ1n) is 6.60. The minimum absolute atomic E-state index is 0.0559. The van der Waals surface area contributed by atoms with Crippen LogP contribution in [0.3, 0.4) is 0 Å².